The molecule has 5 heterocycles. The number of likely N-dealkylation sites (N-methyl/N-ethyl adjacent to an activating group) is 1. The Morgan fingerprint density at radius 3 is 2.58 bits per heavy atom. The summed E-state index contributed by atoms with van der Waals surface area (Å²) in [6.45, 7) is 5.30. The molecule has 1 aliphatic heterocycles. The Balaban J connectivity index is 1.45. The van der Waals surface area contributed by atoms with Gasteiger partial charge < -0.3 is 25.1 Å². The van der Waals surface area contributed by atoms with Crippen molar-refractivity contribution in [2.45, 2.75) is 19.1 Å². The number of aromatic nitrogens is 6. The van der Waals surface area contributed by atoms with E-state index in [9.17, 15) is 18.0 Å². The van der Waals surface area contributed by atoms with Gasteiger partial charge in [0.05, 0.1) is 39.5 Å². The Bertz CT molecular complexity index is 1760. The average molecular weight is 552 g/mol. The van der Waals surface area contributed by atoms with Crippen molar-refractivity contribution in [2.24, 2.45) is 7.05 Å². The van der Waals surface area contributed by atoms with E-state index in [1.165, 1.54) is 16.9 Å². The number of piperazine rings is 1. The highest BCUT2D eigenvalue weighted by molar-refractivity contribution is 5.96. The van der Waals surface area contributed by atoms with Gasteiger partial charge in [-0.25, -0.2) is 4.98 Å². The summed E-state index contributed by atoms with van der Waals surface area (Å²) < 4.78 is 42.8. The zero-order valence-electron chi connectivity index (χ0n) is 22.2. The molecule has 208 valence electrons. The first-order valence-corrected chi connectivity index (χ1v) is 12.9. The molecule has 1 fully saturated rings. The predicted octanol–water partition coefficient (Wildman–Crippen LogP) is 4.14. The van der Waals surface area contributed by atoms with Crippen molar-refractivity contribution >= 4 is 33.4 Å². The average Bonchev–Trinajstić information content (AvgIpc) is 3.50. The van der Waals surface area contributed by atoms with E-state index in [0.29, 0.717) is 16.6 Å². The fraction of sp³-hybridized carbons (Fsp3) is 0.333. The largest absolute Gasteiger partial charge is 0.418 e. The minimum absolute atomic E-state index is 0.153. The summed E-state index contributed by atoms with van der Waals surface area (Å²) >= 11 is 0. The van der Waals surface area contributed by atoms with Crippen LogP contribution in [0, 0.1) is 0 Å². The van der Waals surface area contributed by atoms with Gasteiger partial charge in [0.1, 0.15) is 16.9 Å². The molecule has 13 heteroatoms. The highest BCUT2D eigenvalue weighted by Gasteiger charge is 2.35. The van der Waals surface area contributed by atoms with Gasteiger partial charge in [-0.05, 0) is 44.3 Å². The molecule has 40 heavy (non-hydrogen) atoms. The number of imidazole rings is 1. The first-order chi connectivity index (χ1) is 19.1. The molecule has 1 aliphatic rings. The van der Waals surface area contributed by atoms with Crippen LogP contribution in [0.3, 0.4) is 0 Å². The number of hydrogen-bond donors (Lipinski definition) is 3. The molecular formula is C27H28F3N9O. The Morgan fingerprint density at radius 2 is 1.82 bits per heavy atom. The van der Waals surface area contributed by atoms with Crippen LogP contribution in [0.5, 0.6) is 0 Å². The first kappa shape index (κ1) is 25.9. The number of rotatable bonds is 5. The SMILES string of the molecule is C[C@@H](Nc1c(-c2nc3ccc(N4CCN(C)CC4)cc3[nH]2)c(=O)[nH]c2cn(C)nc12)c1ncccc1C(F)(F)F. The van der Waals surface area contributed by atoms with E-state index in [2.05, 4.69) is 47.2 Å². The Hall–Kier alpha value is -4.39. The number of H-pyrrole nitrogens is 2. The lowest BCUT2D eigenvalue weighted by Crippen LogP contribution is -2.44. The maximum absolute atomic E-state index is 13.8. The van der Waals surface area contributed by atoms with Crippen LogP contribution < -0.4 is 15.8 Å². The van der Waals surface area contributed by atoms with Gasteiger partial charge in [0, 0.05) is 51.3 Å². The number of benzene rings is 1. The Labute approximate surface area is 226 Å². The quantitative estimate of drug-likeness (QED) is 0.301. The number of aryl methyl sites for hydroxylation is 1. The lowest BCUT2D eigenvalue weighted by molar-refractivity contribution is -0.138. The molecule has 0 spiro atoms. The number of alkyl halides is 3. The van der Waals surface area contributed by atoms with Crippen LogP contribution in [0.2, 0.25) is 0 Å². The lowest BCUT2D eigenvalue weighted by atomic mass is 10.1. The molecule has 0 bridgehead atoms. The summed E-state index contributed by atoms with van der Waals surface area (Å²) in [5, 5.41) is 7.60. The Morgan fingerprint density at radius 1 is 1.05 bits per heavy atom. The number of pyridine rings is 2. The monoisotopic (exact) mass is 551 g/mol. The van der Waals surface area contributed by atoms with Crippen molar-refractivity contribution in [1.29, 1.82) is 0 Å². The fourth-order valence-electron chi connectivity index (χ4n) is 5.21. The zero-order chi connectivity index (χ0) is 28.2. The van der Waals surface area contributed by atoms with Crippen molar-refractivity contribution in [3.8, 4) is 11.4 Å². The second-order valence-corrected chi connectivity index (χ2v) is 10.1. The topological polar surface area (TPSA) is 111 Å². The highest BCUT2D eigenvalue weighted by atomic mass is 19.4. The third-order valence-corrected chi connectivity index (χ3v) is 7.28. The van der Waals surface area contributed by atoms with Crippen LogP contribution in [-0.4, -0.2) is 67.8 Å². The van der Waals surface area contributed by atoms with Gasteiger partial charge in [-0.15, -0.1) is 0 Å². The van der Waals surface area contributed by atoms with E-state index in [1.54, 1.807) is 20.2 Å². The van der Waals surface area contributed by atoms with Crippen LogP contribution in [0.25, 0.3) is 33.5 Å². The molecule has 4 aromatic heterocycles. The third-order valence-electron chi connectivity index (χ3n) is 7.28. The summed E-state index contributed by atoms with van der Waals surface area (Å²) in [5.41, 5.74) is 2.22. The van der Waals surface area contributed by atoms with Crippen molar-refractivity contribution in [1.82, 2.24) is 34.6 Å². The van der Waals surface area contributed by atoms with Gasteiger partial charge in [-0.2, -0.15) is 18.3 Å². The van der Waals surface area contributed by atoms with Crippen LogP contribution in [-0.2, 0) is 13.2 Å². The maximum atomic E-state index is 13.8. The van der Waals surface area contributed by atoms with Gasteiger partial charge in [-0.1, -0.05) is 0 Å². The van der Waals surface area contributed by atoms with Crippen molar-refractivity contribution in [3.63, 3.8) is 0 Å². The number of anilines is 2. The molecule has 10 nitrogen and oxygen atoms in total. The van der Waals surface area contributed by atoms with Gasteiger partial charge in [-0.3, -0.25) is 14.5 Å². The highest BCUT2D eigenvalue weighted by Crippen LogP contribution is 2.37. The molecule has 6 rings (SSSR count). The second kappa shape index (κ2) is 9.66. The maximum Gasteiger partial charge on any atom is 0.418 e. The van der Waals surface area contributed by atoms with Gasteiger partial charge in [0.25, 0.3) is 5.56 Å². The molecule has 1 atom stereocenters. The summed E-state index contributed by atoms with van der Waals surface area (Å²) in [7, 11) is 3.80. The van der Waals surface area contributed by atoms with Crippen LogP contribution >= 0.6 is 0 Å². The van der Waals surface area contributed by atoms with E-state index < -0.39 is 23.3 Å². The van der Waals surface area contributed by atoms with E-state index in [-0.39, 0.29) is 22.8 Å². The molecule has 1 aromatic carbocycles. The molecule has 5 aromatic rings. The van der Waals surface area contributed by atoms with E-state index in [4.69, 9.17) is 0 Å². The normalized spacial score (nSPS) is 15.7. The van der Waals surface area contributed by atoms with Crippen molar-refractivity contribution in [3.05, 3.63) is 64.3 Å². The predicted molar refractivity (Wildman–Crippen MR) is 147 cm³/mol. The molecule has 0 aliphatic carbocycles. The molecule has 0 unspecified atom stereocenters. The molecule has 0 radical (unpaired) electrons. The molecule has 1 saturated heterocycles. The number of halogens is 3. The lowest BCUT2D eigenvalue weighted by Gasteiger charge is -2.34. The molecule has 0 amide bonds. The number of aromatic amines is 2. The minimum Gasteiger partial charge on any atom is -0.374 e. The molecule has 3 N–H and O–H groups in total. The summed E-state index contributed by atoms with van der Waals surface area (Å²) in [6, 6.07) is 7.24. The fourth-order valence-corrected chi connectivity index (χ4v) is 5.21. The molecular weight excluding hydrogens is 523 g/mol. The standard InChI is InChI=1S/C27H28F3N9O/c1-15(22-17(27(28,29)30)5-4-8-31-22)32-24-21(26(40)35-20-14-38(3)36-23(20)24)25-33-18-7-6-16(13-19(18)34-25)39-11-9-37(2)10-12-39/h4-8,13-15,32H,9-12H2,1-3H3,(H,33,34)(H,35,40)/t15-/m1/s1. The van der Waals surface area contributed by atoms with Gasteiger partial charge in [0.2, 0.25) is 0 Å². The smallest absolute Gasteiger partial charge is 0.374 e. The minimum atomic E-state index is -4.59. The van der Waals surface area contributed by atoms with Crippen molar-refractivity contribution < 1.29 is 13.2 Å². The zero-order valence-corrected chi connectivity index (χ0v) is 22.2. The van der Waals surface area contributed by atoms with Crippen LogP contribution in [0.1, 0.15) is 24.2 Å². The summed E-state index contributed by atoms with van der Waals surface area (Å²) in [4.78, 5) is 32.8. The molecule has 0 saturated carbocycles. The van der Waals surface area contributed by atoms with Crippen LogP contribution in [0.15, 0.2) is 47.5 Å². The van der Waals surface area contributed by atoms with Gasteiger partial charge in [0.15, 0.2) is 0 Å². The van der Waals surface area contributed by atoms with E-state index in [1.807, 2.05) is 18.2 Å². The Kier molecular flexibility index (Phi) is 6.25. The van der Waals surface area contributed by atoms with E-state index in [0.717, 1.165) is 43.4 Å². The number of nitrogens with zero attached hydrogens (tertiary/aromatic N) is 6. The number of fused-ring (bicyclic) bond motifs is 2. The van der Waals surface area contributed by atoms with Crippen molar-refractivity contribution in [2.75, 3.05) is 43.4 Å². The number of nitrogens with one attached hydrogen (secondary N) is 3. The van der Waals surface area contributed by atoms with Crippen LogP contribution in [0.4, 0.5) is 24.5 Å². The number of hydrogen-bond acceptors (Lipinski definition) is 7. The third kappa shape index (κ3) is 4.66. The first-order valence-electron chi connectivity index (χ1n) is 12.9. The summed E-state index contributed by atoms with van der Waals surface area (Å²) in [6.07, 6.45) is -1.63. The van der Waals surface area contributed by atoms with Gasteiger partial charge >= 0.3 is 6.18 Å². The second-order valence-electron chi connectivity index (χ2n) is 10.1. The van der Waals surface area contributed by atoms with E-state index >= 15 is 0 Å². The summed E-state index contributed by atoms with van der Waals surface area (Å²) in [5.74, 6) is 0.283.